The second-order valence-electron chi connectivity index (χ2n) is 6.80. The van der Waals surface area contributed by atoms with Crippen molar-refractivity contribution in [2.75, 3.05) is 19.7 Å². The van der Waals surface area contributed by atoms with Crippen molar-refractivity contribution in [1.82, 2.24) is 4.90 Å². The lowest BCUT2D eigenvalue weighted by atomic mass is 9.75. The first kappa shape index (κ1) is 17.9. The first-order valence-corrected chi connectivity index (χ1v) is 8.79. The van der Waals surface area contributed by atoms with E-state index in [0.717, 1.165) is 18.4 Å². The van der Waals surface area contributed by atoms with Gasteiger partial charge in [0.1, 0.15) is 5.82 Å². The molecular weight excluding hydrogens is 341 g/mol. The van der Waals surface area contributed by atoms with Crippen LogP contribution in [0.4, 0.5) is 4.39 Å². The van der Waals surface area contributed by atoms with E-state index in [1.807, 2.05) is 0 Å². The smallest absolute Gasteiger partial charge is 0.253 e. The first-order valence-electron chi connectivity index (χ1n) is 8.41. The summed E-state index contributed by atoms with van der Waals surface area (Å²) in [4.78, 5) is 14.6. The predicted octanol–water partition coefficient (Wildman–Crippen LogP) is 3.94. The minimum Gasteiger partial charge on any atom is -0.396 e. The number of hydrogen-bond donors (Lipinski definition) is 1. The van der Waals surface area contributed by atoms with Gasteiger partial charge in [-0.05, 0) is 61.2 Å². The number of aliphatic hydroxyl groups excluding tert-OH is 1. The number of halogens is 2. The van der Waals surface area contributed by atoms with Crippen molar-refractivity contribution in [2.45, 2.75) is 19.3 Å². The van der Waals surface area contributed by atoms with Gasteiger partial charge in [0.15, 0.2) is 0 Å². The van der Waals surface area contributed by atoms with Crippen LogP contribution in [0.15, 0.2) is 48.5 Å². The number of amides is 1. The molecule has 25 heavy (non-hydrogen) atoms. The molecule has 3 rings (SSSR count). The quantitative estimate of drug-likeness (QED) is 0.896. The summed E-state index contributed by atoms with van der Waals surface area (Å²) in [6.07, 6.45) is 2.29. The maximum absolute atomic E-state index is 13.1. The van der Waals surface area contributed by atoms with Crippen LogP contribution in [0.2, 0.25) is 5.02 Å². The molecule has 0 bridgehead atoms. The van der Waals surface area contributed by atoms with Crippen LogP contribution in [0.1, 0.15) is 28.8 Å². The number of piperidine rings is 1. The van der Waals surface area contributed by atoms with Gasteiger partial charge in [-0.15, -0.1) is 0 Å². The lowest BCUT2D eigenvalue weighted by Crippen LogP contribution is -2.49. The summed E-state index contributed by atoms with van der Waals surface area (Å²) < 4.78 is 13.1. The average molecular weight is 362 g/mol. The minimum atomic E-state index is -0.391. The number of carbonyl (C=O) groups excluding carboxylic acids is 1. The zero-order chi connectivity index (χ0) is 17.9. The number of likely N-dealkylation sites (tertiary alicyclic amines) is 1. The van der Waals surface area contributed by atoms with Crippen LogP contribution in [0.5, 0.6) is 0 Å². The van der Waals surface area contributed by atoms with Crippen molar-refractivity contribution in [3.8, 4) is 0 Å². The predicted molar refractivity (Wildman–Crippen MR) is 96.2 cm³/mol. The van der Waals surface area contributed by atoms with Crippen molar-refractivity contribution in [3.63, 3.8) is 0 Å². The first-order chi connectivity index (χ1) is 12.0. The molecule has 1 N–H and O–H groups in total. The van der Waals surface area contributed by atoms with Gasteiger partial charge >= 0.3 is 0 Å². The molecule has 0 aromatic heterocycles. The summed E-state index contributed by atoms with van der Waals surface area (Å²) >= 11 is 5.89. The zero-order valence-electron chi connectivity index (χ0n) is 13.9. The third kappa shape index (κ3) is 4.20. The fraction of sp³-hybridized carbons (Fsp3) is 0.350. The molecule has 1 aliphatic heterocycles. The van der Waals surface area contributed by atoms with Gasteiger partial charge in [0, 0.05) is 29.1 Å². The molecule has 0 saturated carbocycles. The normalized spacial score (nSPS) is 20.5. The Kier molecular flexibility index (Phi) is 5.40. The van der Waals surface area contributed by atoms with Crippen LogP contribution in [-0.4, -0.2) is 35.6 Å². The molecule has 132 valence electrons. The van der Waals surface area contributed by atoms with E-state index in [0.29, 0.717) is 30.1 Å². The summed E-state index contributed by atoms with van der Waals surface area (Å²) in [7, 11) is 0. The number of benzene rings is 2. The van der Waals surface area contributed by atoms with Gasteiger partial charge in [0.25, 0.3) is 5.91 Å². The Morgan fingerprint density at radius 1 is 1.16 bits per heavy atom. The Morgan fingerprint density at radius 2 is 1.84 bits per heavy atom. The summed E-state index contributed by atoms with van der Waals surface area (Å²) in [5.74, 6) is -0.321. The van der Waals surface area contributed by atoms with Crippen LogP contribution in [0.25, 0.3) is 0 Å². The van der Waals surface area contributed by atoms with Gasteiger partial charge in [-0.1, -0.05) is 23.7 Å². The minimum absolute atomic E-state index is 0.00518. The molecule has 1 fully saturated rings. The van der Waals surface area contributed by atoms with Gasteiger partial charge in [-0.25, -0.2) is 4.39 Å². The Labute approximate surface area is 152 Å². The number of carbonyl (C=O) groups is 1. The molecule has 0 aliphatic carbocycles. The molecule has 1 amide bonds. The van der Waals surface area contributed by atoms with Crippen molar-refractivity contribution in [2.24, 2.45) is 5.41 Å². The molecule has 0 spiro atoms. The molecule has 1 atom stereocenters. The second kappa shape index (κ2) is 7.54. The van der Waals surface area contributed by atoms with Gasteiger partial charge in [-0.2, -0.15) is 0 Å². The van der Waals surface area contributed by atoms with E-state index in [2.05, 4.69) is 0 Å². The van der Waals surface area contributed by atoms with Crippen LogP contribution in [-0.2, 0) is 6.42 Å². The van der Waals surface area contributed by atoms with E-state index >= 15 is 0 Å². The molecule has 1 unspecified atom stereocenters. The monoisotopic (exact) mass is 361 g/mol. The second-order valence-corrected chi connectivity index (χ2v) is 7.23. The summed E-state index contributed by atoms with van der Waals surface area (Å²) in [5, 5.41) is 10.6. The summed E-state index contributed by atoms with van der Waals surface area (Å²) in [6, 6.07) is 13.2. The van der Waals surface area contributed by atoms with Gasteiger partial charge < -0.3 is 10.0 Å². The van der Waals surface area contributed by atoms with E-state index < -0.39 is 5.41 Å². The highest BCUT2D eigenvalue weighted by Gasteiger charge is 2.37. The van der Waals surface area contributed by atoms with Crippen LogP contribution in [0.3, 0.4) is 0 Å². The average Bonchev–Trinajstić information content (AvgIpc) is 2.64. The van der Waals surface area contributed by atoms with E-state index in [4.69, 9.17) is 11.6 Å². The fourth-order valence-electron chi connectivity index (χ4n) is 3.52. The van der Waals surface area contributed by atoms with Gasteiger partial charge in [-0.3, -0.25) is 4.79 Å². The zero-order valence-corrected chi connectivity index (χ0v) is 14.7. The largest absolute Gasteiger partial charge is 0.396 e. The molecule has 0 radical (unpaired) electrons. The molecule has 5 heteroatoms. The molecule has 1 aliphatic rings. The Hall–Kier alpha value is -1.91. The third-order valence-corrected chi connectivity index (χ3v) is 5.12. The van der Waals surface area contributed by atoms with Crippen molar-refractivity contribution in [1.29, 1.82) is 0 Å². The Bertz CT molecular complexity index is 732. The lowest BCUT2D eigenvalue weighted by Gasteiger charge is -2.42. The number of rotatable bonds is 4. The maximum Gasteiger partial charge on any atom is 0.253 e. The van der Waals surface area contributed by atoms with Crippen LogP contribution >= 0.6 is 11.6 Å². The van der Waals surface area contributed by atoms with Crippen molar-refractivity contribution >= 4 is 17.5 Å². The molecule has 2 aromatic carbocycles. The molecule has 1 saturated heterocycles. The molecule has 3 nitrogen and oxygen atoms in total. The number of aliphatic hydroxyl groups is 1. The standard InChI is InChI=1S/C20H21ClFNO2/c21-17-6-4-16(5-7-17)19(25)23-11-1-10-20(13-23,14-24)12-15-2-8-18(22)9-3-15/h2-9,24H,1,10-14H2. The fourth-order valence-corrected chi connectivity index (χ4v) is 3.65. The Balaban J connectivity index is 1.76. The molecule has 2 aromatic rings. The molecular formula is C20H21ClFNO2. The number of hydrogen-bond acceptors (Lipinski definition) is 2. The highest BCUT2D eigenvalue weighted by molar-refractivity contribution is 6.30. The van der Waals surface area contributed by atoms with Gasteiger partial charge in [0.05, 0.1) is 6.61 Å². The Morgan fingerprint density at radius 3 is 2.48 bits per heavy atom. The van der Waals surface area contributed by atoms with E-state index in [1.165, 1.54) is 12.1 Å². The summed E-state index contributed by atoms with van der Waals surface area (Å²) in [6.45, 7) is 1.16. The van der Waals surface area contributed by atoms with Crippen LogP contribution < -0.4 is 0 Å². The highest BCUT2D eigenvalue weighted by atomic mass is 35.5. The molecule has 1 heterocycles. The van der Waals surface area contributed by atoms with Crippen molar-refractivity contribution in [3.05, 3.63) is 70.5 Å². The maximum atomic E-state index is 13.1. The SMILES string of the molecule is O=C(c1ccc(Cl)cc1)N1CCCC(CO)(Cc2ccc(F)cc2)C1. The van der Waals surface area contributed by atoms with Crippen molar-refractivity contribution < 1.29 is 14.3 Å². The van der Waals surface area contributed by atoms with E-state index in [1.54, 1.807) is 41.3 Å². The lowest BCUT2D eigenvalue weighted by molar-refractivity contribution is 0.0271. The van der Waals surface area contributed by atoms with Gasteiger partial charge in [0.2, 0.25) is 0 Å². The summed E-state index contributed by atoms with van der Waals surface area (Å²) in [5.41, 5.74) is 1.18. The number of nitrogens with zero attached hydrogens (tertiary/aromatic N) is 1. The van der Waals surface area contributed by atoms with E-state index in [9.17, 15) is 14.3 Å². The topological polar surface area (TPSA) is 40.5 Å². The highest BCUT2D eigenvalue weighted by Crippen LogP contribution is 2.34. The van der Waals surface area contributed by atoms with Crippen LogP contribution in [0, 0.1) is 11.2 Å². The third-order valence-electron chi connectivity index (χ3n) is 4.87. The van der Waals surface area contributed by atoms with E-state index in [-0.39, 0.29) is 18.3 Å².